The zero-order chi connectivity index (χ0) is 18.0. The average Bonchev–Trinajstić information content (AvgIpc) is 2.59. The van der Waals surface area contributed by atoms with Crippen molar-refractivity contribution in [2.75, 3.05) is 18.0 Å². The average molecular weight is 352 g/mol. The standard InChI is InChI=1S/C18H19F3N2O2/c19-11-2-1-3-13(8-11)25-16-9-15(18(21)17(20)14(16)10-22)23-6-4-12(24)5-7-23/h1-3,8-9,12,24H,4-7,10,22H2. The minimum absolute atomic E-state index is 0.0491. The van der Waals surface area contributed by atoms with E-state index in [1.165, 1.54) is 24.3 Å². The molecular formula is C18H19F3N2O2. The lowest BCUT2D eigenvalue weighted by molar-refractivity contribution is 0.145. The Morgan fingerprint density at radius 3 is 2.48 bits per heavy atom. The van der Waals surface area contributed by atoms with E-state index in [0.717, 1.165) is 6.07 Å². The van der Waals surface area contributed by atoms with Crippen molar-refractivity contribution in [2.45, 2.75) is 25.5 Å². The molecule has 3 rings (SSSR count). The predicted molar refractivity (Wildman–Crippen MR) is 88.2 cm³/mol. The monoisotopic (exact) mass is 352 g/mol. The van der Waals surface area contributed by atoms with Gasteiger partial charge in [0.15, 0.2) is 11.6 Å². The Morgan fingerprint density at radius 2 is 1.84 bits per heavy atom. The van der Waals surface area contributed by atoms with E-state index in [-0.39, 0.29) is 29.3 Å². The molecule has 0 amide bonds. The minimum atomic E-state index is -1.07. The lowest BCUT2D eigenvalue weighted by Gasteiger charge is -2.32. The maximum Gasteiger partial charge on any atom is 0.182 e. The van der Waals surface area contributed by atoms with E-state index in [2.05, 4.69) is 0 Å². The molecule has 0 unspecified atom stereocenters. The molecule has 7 heteroatoms. The number of aliphatic hydroxyl groups is 1. The Kier molecular flexibility index (Phi) is 5.15. The van der Waals surface area contributed by atoms with Gasteiger partial charge in [0.25, 0.3) is 0 Å². The second-order valence-electron chi connectivity index (χ2n) is 5.98. The second kappa shape index (κ2) is 7.33. The maximum absolute atomic E-state index is 14.5. The van der Waals surface area contributed by atoms with E-state index in [0.29, 0.717) is 25.9 Å². The third-order valence-electron chi connectivity index (χ3n) is 4.28. The number of halogens is 3. The fourth-order valence-electron chi connectivity index (χ4n) is 2.90. The van der Waals surface area contributed by atoms with E-state index >= 15 is 0 Å². The summed E-state index contributed by atoms with van der Waals surface area (Å²) >= 11 is 0. The van der Waals surface area contributed by atoms with Crippen molar-refractivity contribution in [1.29, 1.82) is 0 Å². The molecule has 0 spiro atoms. The number of nitrogens with two attached hydrogens (primary N) is 1. The Labute approximate surface area is 143 Å². The lowest BCUT2D eigenvalue weighted by Crippen LogP contribution is -2.36. The molecule has 0 radical (unpaired) electrons. The summed E-state index contributed by atoms with van der Waals surface area (Å²) in [4.78, 5) is 1.66. The van der Waals surface area contributed by atoms with Gasteiger partial charge in [-0.15, -0.1) is 0 Å². The van der Waals surface area contributed by atoms with Gasteiger partial charge in [-0.3, -0.25) is 0 Å². The number of rotatable bonds is 4. The summed E-state index contributed by atoms with van der Waals surface area (Å²) in [5.41, 5.74) is 5.48. The van der Waals surface area contributed by atoms with Crippen molar-refractivity contribution in [3.63, 3.8) is 0 Å². The molecular weight excluding hydrogens is 333 g/mol. The van der Waals surface area contributed by atoms with Gasteiger partial charge in [-0.1, -0.05) is 6.07 Å². The second-order valence-corrected chi connectivity index (χ2v) is 5.98. The van der Waals surface area contributed by atoms with Crippen LogP contribution in [-0.2, 0) is 6.54 Å². The number of nitrogens with zero attached hydrogens (tertiary/aromatic N) is 1. The molecule has 0 atom stereocenters. The van der Waals surface area contributed by atoms with Crippen molar-refractivity contribution in [2.24, 2.45) is 5.73 Å². The van der Waals surface area contributed by atoms with Crippen molar-refractivity contribution in [3.8, 4) is 11.5 Å². The molecule has 3 N–H and O–H groups in total. The van der Waals surface area contributed by atoms with Crippen LogP contribution >= 0.6 is 0 Å². The van der Waals surface area contributed by atoms with Crippen LogP contribution in [0.4, 0.5) is 18.9 Å². The Morgan fingerprint density at radius 1 is 1.12 bits per heavy atom. The molecule has 0 aliphatic carbocycles. The van der Waals surface area contributed by atoms with E-state index in [1.807, 2.05) is 0 Å². The highest BCUT2D eigenvalue weighted by molar-refractivity contribution is 5.57. The van der Waals surface area contributed by atoms with Gasteiger partial charge in [-0.2, -0.15) is 0 Å². The Bertz CT molecular complexity index is 762. The number of piperidine rings is 1. The van der Waals surface area contributed by atoms with Crippen molar-refractivity contribution in [1.82, 2.24) is 0 Å². The number of hydrogen-bond acceptors (Lipinski definition) is 4. The zero-order valence-corrected chi connectivity index (χ0v) is 13.5. The topological polar surface area (TPSA) is 58.7 Å². The SMILES string of the molecule is NCc1c(Oc2cccc(F)c2)cc(N2CCC(O)CC2)c(F)c1F. The largest absolute Gasteiger partial charge is 0.457 e. The van der Waals surface area contributed by atoms with E-state index in [1.54, 1.807) is 4.90 Å². The quantitative estimate of drug-likeness (QED) is 0.886. The summed E-state index contributed by atoms with van der Waals surface area (Å²) in [6.45, 7) is 0.546. The van der Waals surface area contributed by atoms with Crippen LogP contribution in [0.1, 0.15) is 18.4 Å². The van der Waals surface area contributed by atoms with E-state index in [9.17, 15) is 18.3 Å². The van der Waals surface area contributed by atoms with Gasteiger partial charge in [0.05, 0.1) is 11.8 Å². The summed E-state index contributed by atoms with van der Waals surface area (Å²) < 4.78 is 47.8. The van der Waals surface area contributed by atoms with Crippen LogP contribution in [0.25, 0.3) is 0 Å². The van der Waals surface area contributed by atoms with Gasteiger partial charge < -0.3 is 20.5 Å². The first-order valence-electron chi connectivity index (χ1n) is 8.07. The summed E-state index contributed by atoms with van der Waals surface area (Å²) in [5.74, 6) is -2.35. The first-order chi connectivity index (χ1) is 12.0. The van der Waals surface area contributed by atoms with E-state index < -0.39 is 23.6 Å². The molecule has 0 saturated carbocycles. The minimum Gasteiger partial charge on any atom is -0.457 e. The fourth-order valence-corrected chi connectivity index (χ4v) is 2.90. The van der Waals surface area contributed by atoms with Crippen LogP contribution in [0.15, 0.2) is 30.3 Å². The van der Waals surface area contributed by atoms with Crippen LogP contribution in [0, 0.1) is 17.5 Å². The molecule has 1 heterocycles. The lowest BCUT2D eigenvalue weighted by atomic mass is 10.1. The highest BCUT2D eigenvalue weighted by Gasteiger charge is 2.25. The highest BCUT2D eigenvalue weighted by Crippen LogP contribution is 2.36. The smallest absolute Gasteiger partial charge is 0.182 e. The van der Waals surface area contributed by atoms with Crippen molar-refractivity contribution in [3.05, 3.63) is 53.3 Å². The Balaban J connectivity index is 1.98. The molecule has 25 heavy (non-hydrogen) atoms. The molecule has 0 bridgehead atoms. The van der Waals surface area contributed by atoms with Crippen LogP contribution in [0.5, 0.6) is 11.5 Å². The summed E-state index contributed by atoms with van der Waals surface area (Å²) in [5, 5.41) is 9.58. The molecule has 1 aliphatic rings. The van der Waals surface area contributed by atoms with Crippen molar-refractivity contribution >= 4 is 5.69 Å². The van der Waals surface area contributed by atoms with Crippen LogP contribution in [0.3, 0.4) is 0 Å². The predicted octanol–water partition coefficient (Wildman–Crippen LogP) is 3.32. The number of aliphatic hydroxyl groups excluding tert-OH is 1. The highest BCUT2D eigenvalue weighted by atomic mass is 19.2. The van der Waals surface area contributed by atoms with Crippen molar-refractivity contribution < 1.29 is 23.0 Å². The first-order valence-corrected chi connectivity index (χ1v) is 8.07. The molecule has 134 valence electrons. The number of anilines is 1. The third kappa shape index (κ3) is 3.72. The molecule has 2 aromatic carbocycles. The molecule has 1 aliphatic heterocycles. The van der Waals surface area contributed by atoms with Crippen LogP contribution in [0.2, 0.25) is 0 Å². The van der Waals surface area contributed by atoms with Crippen LogP contribution < -0.4 is 15.4 Å². The van der Waals surface area contributed by atoms with Gasteiger partial charge in [0.1, 0.15) is 17.3 Å². The van der Waals surface area contributed by atoms with E-state index in [4.69, 9.17) is 10.5 Å². The molecule has 2 aromatic rings. The van der Waals surface area contributed by atoms with Gasteiger partial charge in [0, 0.05) is 37.3 Å². The van der Waals surface area contributed by atoms with Gasteiger partial charge >= 0.3 is 0 Å². The number of hydrogen-bond donors (Lipinski definition) is 2. The fraction of sp³-hybridized carbons (Fsp3) is 0.333. The summed E-state index contributed by atoms with van der Waals surface area (Å²) in [7, 11) is 0. The summed E-state index contributed by atoms with van der Waals surface area (Å²) in [6, 6.07) is 6.76. The first kappa shape index (κ1) is 17.6. The van der Waals surface area contributed by atoms with Gasteiger partial charge in [-0.25, -0.2) is 13.2 Å². The number of benzene rings is 2. The zero-order valence-electron chi connectivity index (χ0n) is 13.5. The third-order valence-corrected chi connectivity index (χ3v) is 4.28. The molecule has 1 fully saturated rings. The summed E-state index contributed by atoms with van der Waals surface area (Å²) in [6.07, 6.45) is 0.509. The molecule has 0 aromatic heterocycles. The maximum atomic E-state index is 14.5. The van der Waals surface area contributed by atoms with Gasteiger partial charge in [-0.05, 0) is 25.0 Å². The van der Waals surface area contributed by atoms with Crippen LogP contribution in [-0.4, -0.2) is 24.3 Å². The number of ether oxygens (including phenoxy) is 1. The molecule has 1 saturated heterocycles. The Hall–Kier alpha value is -2.25. The molecule has 4 nitrogen and oxygen atoms in total. The van der Waals surface area contributed by atoms with Gasteiger partial charge in [0.2, 0.25) is 0 Å². The normalized spacial score (nSPS) is 15.5.